The van der Waals surface area contributed by atoms with Gasteiger partial charge in [-0.2, -0.15) is 4.73 Å². The van der Waals surface area contributed by atoms with Crippen molar-refractivity contribution in [2.24, 2.45) is 0 Å². The molecule has 5 rings (SSSR count). The molecule has 1 aliphatic rings. The summed E-state index contributed by atoms with van der Waals surface area (Å²) in [6.45, 7) is 0.488. The predicted octanol–water partition coefficient (Wildman–Crippen LogP) is 5.29. The Kier molecular flexibility index (Phi) is 5.62. The molecule has 0 aliphatic heterocycles. The van der Waals surface area contributed by atoms with Gasteiger partial charge in [0.15, 0.2) is 12.4 Å². The maximum atomic E-state index is 11.2. The Morgan fingerprint density at radius 2 is 1.72 bits per heavy atom. The van der Waals surface area contributed by atoms with E-state index in [2.05, 4.69) is 30.4 Å². The Bertz CT molecular complexity index is 1300. The van der Waals surface area contributed by atoms with Crippen molar-refractivity contribution in [3.05, 3.63) is 108 Å². The average molecular weight is 422 g/mol. The molecule has 2 aromatic heterocycles. The fourth-order valence-corrected chi connectivity index (χ4v) is 3.84. The van der Waals surface area contributed by atoms with Crippen molar-refractivity contribution >= 4 is 16.6 Å². The molecule has 0 unspecified atom stereocenters. The first-order valence-corrected chi connectivity index (χ1v) is 10.8. The molecule has 5 nitrogen and oxygen atoms in total. The highest BCUT2D eigenvalue weighted by Crippen LogP contribution is 2.33. The van der Waals surface area contributed by atoms with Crippen LogP contribution in [-0.4, -0.2) is 16.6 Å². The third-order valence-corrected chi connectivity index (χ3v) is 5.49. The Hall–Kier alpha value is -3.99. The van der Waals surface area contributed by atoms with Crippen LogP contribution in [0.25, 0.3) is 27.9 Å². The van der Waals surface area contributed by atoms with Gasteiger partial charge in [0, 0.05) is 24.1 Å². The van der Waals surface area contributed by atoms with Crippen LogP contribution >= 0.6 is 0 Å². The molecule has 0 saturated heterocycles. The molecule has 2 heterocycles. The number of rotatable bonds is 6. The first-order valence-electron chi connectivity index (χ1n) is 10.8. The van der Waals surface area contributed by atoms with E-state index >= 15 is 0 Å². The van der Waals surface area contributed by atoms with Gasteiger partial charge in [0.25, 0.3) is 0 Å². The van der Waals surface area contributed by atoms with Gasteiger partial charge in [0.05, 0.1) is 23.5 Å². The maximum Gasteiger partial charge on any atom is 0.180 e. The number of hydrogen-bond acceptors (Lipinski definition) is 4. The highest BCUT2D eigenvalue weighted by atomic mass is 16.5. The van der Waals surface area contributed by atoms with Gasteiger partial charge in [-0.3, -0.25) is 0 Å². The van der Waals surface area contributed by atoms with Crippen molar-refractivity contribution in [3.8, 4) is 17.0 Å². The molecule has 0 fully saturated rings. The van der Waals surface area contributed by atoms with Crippen LogP contribution in [0.4, 0.5) is 0 Å². The summed E-state index contributed by atoms with van der Waals surface area (Å²) in [5.41, 5.74) is 6.50. The van der Waals surface area contributed by atoms with Gasteiger partial charge in [0.2, 0.25) is 0 Å². The Morgan fingerprint density at radius 3 is 2.50 bits per heavy atom. The molecule has 158 valence electrons. The second-order valence-corrected chi connectivity index (χ2v) is 7.71. The first-order chi connectivity index (χ1) is 15.8. The van der Waals surface area contributed by atoms with Crippen molar-refractivity contribution in [1.82, 2.24) is 9.97 Å². The van der Waals surface area contributed by atoms with Crippen LogP contribution in [0.1, 0.15) is 24.1 Å². The molecule has 0 spiro atoms. The first kappa shape index (κ1) is 19.9. The third kappa shape index (κ3) is 4.23. The quantitative estimate of drug-likeness (QED) is 0.314. The maximum absolute atomic E-state index is 11.2. The number of aromatic nitrogens is 3. The minimum atomic E-state index is 0.488. The Morgan fingerprint density at radius 1 is 0.875 bits per heavy atom. The molecule has 1 aliphatic carbocycles. The van der Waals surface area contributed by atoms with Gasteiger partial charge in [-0.1, -0.05) is 54.6 Å². The van der Waals surface area contributed by atoms with E-state index in [0.29, 0.717) is 18.8 Å². The summed E-state index contributed by atoms with van der Waals surface area (Å²) >= 11 is 0. The summed E-state index contributed by atoms with van der Waals surface area (Å²) in [4.78, 5) is 10.1. The van der Waals surface area contributed by atoms with E-state index in [1.807, 2.05) is 48.5 Å². The molecule has 5 heteroatoms. The van der Waals surface area contributed by atoms with E-state index in [0.717, 1.165) is 56.7 Å². The number of benzene rings is 2. The topological polar surface area (TPSA) is 62.0 Å². The highest BCUT2D eigenvalue weighted by molar-refractivity contribution is 5.89. The molecule has 0 saturated carbocycles. The smallest absolute Gasteiger partial charge is 0.180 e. The molecule has 0 bridgehead atoms. The minimum absolute atomic E-state index is 0.488. The van der Waals surface area contributed by atoms with Gasteiger partial charge in [0.1, 0.15) is 11.3 Å². The van der Waals surface area contributed by atoms with E-state index in [9.17, 15) is 5.21 Å². The summed E-state index contributed by atoms with van der Waals surface area (Å²) in [5.74, 6) is 0.714. The lowest BCUT2D eigenvalue weighted by molar-refractivity contribution is -0.605. The zero-order valence-corrected chi connectivity index (χ0v) is 17.6. The van der Waals surface area contributed by atoms with E-state index in [4.69, 9.17) is 14.7 Å². The summed E-state index contributed by atoms with van der Waals surface area (Å²) < 4.78 is 6.90. The molecule has 32 heavy (non-hydrogen) atoms. The lowest BCUT2D eigenvalue weighted by Crippen LogP contribution is -2.23. The number of hydrogen-bond donors (Lipinski definition) is 0. The number of para-hydroxylation sites is 1. The molecule has 0 amide bonds. The SMILES string of the molecule is [O-][n+]1ccc(CCOc2cccc3nc(-c4ccccc4)c(C4=CCCC=C4)nc23)cc1. The number of ether oxygens (including phenoxy) is 1. The third-order valence-electron chi connectivity index (χ3n) is 5.49. The number of fused-ring (bicyclic) bond motifs is 1. The predicted molar refractivity (Wildman–Crippen MR) is 126 cm³/mol. The Labute approximate surface area is 186 Å². The van der Waals surface area contributed by atoms with Gasteiger partial charge in [-0.05, 0) is 36.1 Å². The standard InChI is InChI=1S/C27H23N3O2/c31-30-17-14-20(15-18-30)16-19-32-24-13-7-12-23-27(24)29-26(22-10-5-2-6-11-22)25(28-23)21-8-3-1-4-9-21/h1,3-5,7-15,17-18H,2,6,16,19H2. The van der Waals surface area contributed by atoms with Crippen LogP contribution in [0, 0.1) is 5.21 Å². The lowest BCUT2D eigenvalue weighted by atomic mass is 9.99. The van der Waals surface area contributed by atoms with Gasteiger partial charge < -0.3 is 9.94 Å². The molecule has 0 N–H and O–H groups in total. The number of pyridine rings is 1. The van der Waals surface area contributed by atoms with Gasteiger partial charge >= 0.3 is 0 Å². The number of nitrogens with zero attached hydrogens (tertiary/aromatic N) is 3. The monoisotopic (exact) mass is 421 g/mol. The average Bonchev–Trinajstić information content (AvgIpc) is 2.86. The van der Waals surface area contributed by atoms with E-state index in [1.165, 1.54) is 12.4 Å². The molecular weight excluding hydrogens is 398 g/mol. The molecular formula is C27H23N3O2. The van der Waals surface area contributed by atoms with E-state index in [1.54, 1.807) is 0 Å². The van der Waals surface area contributed by atoms with Crippen LogP contribution in [0.5, 0.6) is 5.75 Å². The summed E-state index contributed by atoms with van der Waals surface area (Å²) in [7, 11) is 0. The fourth-order valence-electron chi connectivity index (χ4n) is 3.84. The summed E-state index contributed by atoms with van der Waals surface area (Å²) in [5, 5.41) is 11.2. The second kappa shape index (κ2) is 9.02. The van der Waals surface area contributed by atoms with Crippen molar-refractivity contribution in [3.63, 3.8) is 0 Å². The van der Waals surface area contributed by atoms with E-state index < -0.39 is 0 Å². The Balaban J connectivity index is 1.52. The summed E-state index contributed by atoms with van der Waals surface area (Å²) in [6.07, 6.45) is 12.3. The molecule has 0 atom stereocenters. The number of allylic oxidation sites excluding steroid dienone is 4. The fraction of sp³-hybridized carbons (Fsp3) is 0.148. The zero-order valence-electron chi connectivity index (χ0n) is 17.6. The van der Waals surface area contributed by atoms with Crippen LogP contribution in [0.2, 0.25) is 0 Å². The molecule has 4 aromatic rings. The van der Waals surface area contributed by atoms with Crippen molar-refractivity contribution in [1.29, 1.82) is 0 Å². The van der Waals surface area contributed by atoms with Crippen molar-refractivity contribution in [2.75, 3.05) is 6.61 Å². The summed E-state index contributed by atoms with van der Waals surface area (Å²) in [6, 6.07) is 19.7. The van der Waals surface area contributed by atoms with Gasteiger partial charge in [-0.15, -0.1) is 0 Å². The molecule has 0 radical (unpaired) electrons. The zero-order chi connectivity index (χ0) is 21.8. The van der Waals surface area contributed by atoms with Crippen LogP contribution in [-0.2, 0) is 6.42 Å². The van der Waals surface area contributed by atoms with Crippen LogP contribution < -0.4 is 9.47 Å². The normalized spacial score (nSPS) is 13.2. The van der Waals surface area contributed by atoms with Crippen molar-refractivity contribution < 1.29 is 9.47 Å². The largest absolute Gasteiger partial charge is 0.619 e. The second-order valence-electron chi connectivity index (χ2n) is 7.71. The van der Waals surface area contributed by atoms with Crippen LogP contribution in [0.15, 0.2) is 91.3 Å². The van der Waals surface area contributed by atoms with Gasteiger partial charge in [-0.25, -0.2) is 9.97 Å². The molecule has 2 aromatic carbocycles. The highest BCUT2D eigenvalue weighted by Gasteiger charge is 2.16. The van der Waals surface area contributed by atoms with E-state index in [-0.39, 0.29) is 0 Å². The van der Waals surface area contributed by atoms with Crippen LogP contribution in [0.3, 0.4) is 0 Å². The minimum Gasteiger partial charge on any atom is -0.619 e. The van der Waals surface area contributed by atoms with Crippen molar-refractivity contribution in [2.45, 2.75) is 19.3 Å². The lowest BCUT2D eigenvalue weighted by Gasteiger charge is -2.15.